The predicted molar refractivity (Wildman–Crippen MR) is 136 cm³/mol. The van der Waals surface area contributed by atoms with Gasteiger partial charge in [-0.15, -0.1) is 11.3 Å². The zero-order chi connectivity index (χ0) is 24.2. The van der Waals surface area contributed by atoms with Crippen LogP contribution < -0.4 is 20.3 Å². The fourth-order valence-electron chi connectivity index (χ4n) is 3.34. The fourth-order valence-corrected chi connectivity index (χ4v) is 4.51. The number of nitrogens with zero attached hydrogens (tertiary/aromatic N) is 2. The van der Waals surface area contributed by atoms with Crippen LogP contribution in [0.3, 0.4) is 0 Å². The summed E-state index contributed by atoms with van der Waals surface area (Å²) in [7, 11) is 1.51. The molecule has 0 bridgehead atoms. The molecule has 0 spiro atoms. The van der Waals surface area contributed by atoms with Gasteiger partial charge in [0.1, 0.15) is 11.0 Å². The molecule has 2 heterocycles. The van der Waals surface area contributed by atoms with Crippen molar-refractivity contribution in [3.05, 3.63) is 70.2 Å². The van der Waals surface area contributed by atoms with E-state index in [1.807, 2.05) is 44.2 Å². The molecule has 34 heavy (non-hydrogen) atoms. The minimum absolute atomic E-state index is 0.0760. The van der Waals surface area contributed by atoms with Crippen LogP contribution in [0.15, 0.2) is 59.7 Å². The summed E-state index contributed by atoms with van der Waals surface area (Å²) in [4.78, 5) is 30.7. The first kappa shape index (κ1) is 23.8. The number of thiophene rings is 1. The van der Waals surface area contributed by atoms with Gasteiger partial charge in [0.25, 0.3) is 11.5 Å². The molecule has 4 aromatic rings. The SMILES string of the molecule is CCC(C)NC(=O)COc1ccc(-n2cnc3cc(-c4ccc(Cl)cc4)sc3c2=O)cc1OC. The van der Waals surface area contributed by atoms with Crippen LogP contribution >= 0.6 is 22.9 Å². The highest BCUT2D eigenvalue weighted by molar-refractivity contribution is 7.22. The zero-order valence-corrected chi connectivity index (χ0v) is 20.6. The molecule has 0 aliphatic carbocycles. The highest BCUT2D eigenvalue weighted by Gasteiger charge is 2.14. The number of amides is 1. The maximum atomic E-state index is 13.2. The van der Waals surface area contributed by atoms with Crippen molar-refractivity contribution < 1.29 is 14.3 Å². The Morgan fingerprint density at radius 1 is 1.18 bits per heavy atom. The average Bonchev–Trinajstić information content (AvgIpc) is 3.28. The Bertz CT molecular complexity index is 1380. The quantitative estimate of drug-likeness (QED) is 0.367. The van der Waals surface area contributed by atoms with Crippen molar-refractivity contribution >= 4 is 39.1 Å². The van der Waals surface area contributed by atoms with E-state index in [2.05, 4.69) is 10.3 Å². The predicted octanol–water partition coefficient (Wildman–Crippen LogP) is 5.07. The highest BCUT2D eigenvalue weighted by Crippen LogP contribution is 2.32. The molecule has 0 saturated heterocycles. The number of carbonyl (C=O) groups excluding carboxylic acids is 1. The van der Waals surface area contributed by atoms with E-state index in [0.29, 0.717) is 32.4 Å². The molecule has 1 unspecified atom stereocenters. The smallest absolute Gasteiger partial charge is 0.275 e. The Kier molecular flexibility index (Phi) is 7.19. The van der Waals surface area contributed by atoms with Crippen LogP contribution in [0.5, 0.6) is 11.5 Å². The van der Waals surface area contributed by atoms with Crippen LogP contribution in [0.1, 0.15) is 20.3 Å². The highest BCUT2D eigenvalue weighted by atomic mass is 35.5. The second-order valence-corrected chi connectivity index (χ2v) is 9.24. The van der Waals surface area contributed by atoms with Crippen molar-refractivity contribution in [3.63, 3.8) is 0 Å². The number of hydrogen-bond donors (Lipinski definition) is 1. The maximum absolute atomic E-state index is 13.2. The molecule has 0 fully saturated rings. The lowest BCUT2D eigenvalue weighted by Crippen LogP contribution is -2.35. The molecule has 1 amide bonds. The van der Waals surface area contributed by atoms with Gasteiger partial charge in [-0.05, 0) is 49.2 Å². The lowest BCUT2D eigenvalue weighted by Gasteiger charge is -2.14. The summed E-state index contributed by atoms with van der Waals surface area (Å²) >= 11 is 7.37. The van der Waals surface area contributed by atoms with Crippen molar-refractivity contribution in [1.29, 1.82) is 0 Å². The lowest BCUT2D eigenvalue weighted by atomic mass is 10.2. The van der Waals surface area contributed by atoms with Gasteiger partial charge in [0.05, 0.1) is 18.3 Å². The van der Waals surface area contributed by atoms with Crippen molar-refractivity contribution in [2.45, 2.75) is 26.3 Å². The van der Waals surface area contributed by atoms with Crippen LogP contribution in [-0.2, 0) is 4.79 Å². The summed E-state index contributed by atoms with van der Waals surface area (Å²) in [6.45, 7) is 3.80. The summed E-state index contributed by atoms with van der Waals surface area (Å²) < 4.78 is 13.1. The van der Waals surface area contributed by atoms with E-state index in [1.165, 1.54) is 29.3 Å². The second-order valence-electron chi connectivity index (χ2n) is 7.75. The van der Waals surface area contributed by atoms with E-state index in [4.69, 9.17) is 21.1 Å². The molecule has 1 atom stereocenters. The number of carbonyl (C=O) groups is 1. The molecule has 4 rings (SSSR count). The van der Waals surface area contributed by atoms with E-state index < -0.39 is 0 Å². The van der Waals surface area contributed by atoms with Gasteiger partial charge in [0, 0.05) is 22.0 Å². The Balaban J connectivity index is 1.61. The molecule has 0 radical (unpaired) electrons. The molecular weight excluding hydrogens is 474 g/mol. The summed E-state index contributed by atoms with van der Waals surface area (Å²) in [5.41, 5.74) is 2.00. The summed E-state index contributed by atoms with van der Waals surface area (Å²) in [6, 6.07) is 14.5. The van der Waals surface area contributed by atoms with Gasteiger partial charge in [-0.2, -0.15) is 0 Å². The third-order valence-corrected chi connectivity index (χ3v) is 6.78. The second kappa shape index (κ2) is 10.3. The van der Waals surface area contributed by atoms with Gasteiger partial charge in [0.15, 0.2) is 18.1 Å². The zero-order valence-electron chi connectivity index (χ0n) is 19.0. The molecule has 2 aromatic carbocycles. The third-order valence-electron chi connectivity index (χ3n) is 5.37. The minimum atomic E-state index is -0.208. The number of fused-ring (bicyclic) bond motifs is 1. The normalized spacial score (nSPS) is 11.9. The van der Waals surface area contributed by atoms with Gasteiger partial charge in [-0.25, -0.2) is 4.98 Å². The van der Waals surface area contributed by atoms with Crippen molar-refractivity contribution in [2.75, 3.05) is 13.7 Å². The number of halogens is 1. The van der Waals surface area contributed by atoms with Crippen molar-refractivity contribution in [2.24, 2.45) is 0 Å². The summed E-state index contributed by atoms with van der Waals surface area (Å²) in [5, 5.41) is 3.51. The first-order valence-corrected chi connectivity index (χ1v) is 12.0. The van der Waals surface area contributed by atoms with Gasteiger partial charge in [0.2, 0.25) is 0 Å². The van der Waals surface area contributed by atoms with Crippen LogP contribution in [0, 0.1) is 0 Å². The van der Waals surface area contributed by atoms with Crippen LogP contribution in [0.2, 0.25) is 5.02 Å². The largest absolute Gasteiger partial charge is 0.493 e. The van der Waals surface area contributed by atoms with Crippen LogP contribution in [-0.4, -0.2) is 35.2 Å². The molecule has 0 aliphatic heterocycles. The molecule has 0 saturated carbocycles. The van der Waals surface area contributed by atoms with E-state index in [9.17, 15) is 9.59 Å². The van der Waals surface area contributed by atoms with Gasteiger partial charge >= 0.3 is 0 Å². The Labute approximate surface area is 205 Å². The van der Waals surface area contributed by atoms with Gasteiger partial charge < -0.3 is 14.8 Å². The topological polar surface area (TPSA) is 82.5 Å². The van der Waals surface area contributed by atoms with Crippen molar-refractivity contribution in [1.82, 2.24) is 14.9 Å². The molecule has 1 N–H and O–H groups in total. The third kappa shape index (κ3) is 5.08. The molecule has 0 aliphatic rings. The number of hydrogen-bond acceptors (Lipinski definition) is 6. The molecule has 176 valence electrons. The number of methoxy groups -OCH3 is 1. The monoisotopic (exact) mass is 497 g/mol. The lowest BCUT2D eigenvalue weighted by molar-refractivity contribution is -0.123. The first-order valence-electron chi connectivity index (χ1n) is 10.8. The maximum Gasteiger partial charge on any atom is 0.275 e. The Morgan fingerprint density at radius 3 is 2.65 bits per heavy atom. The molecule has 7 nitrogen and oxygen atoms in total. The molecule has 9 heteroatoms. The first-order chi connectivity index (χ1) is 16.4. The van der Waals surface area contributed by atoms with E-state index in [1.54, 1.807) is 18.2 Å². The van der Waals surface area contributed by atoms with Crippen molar-refractivity contribution in [3.8, 4) is 27.6 Å². The molecular formula is C25H24ClN3O4S. The fraction of sp³-hybridized carbons (Fsp3) is 0.240. The summed E-state index contributed by atoms with van der Waals surface area (Å²) in [5.74, 6) is 0.614. The van der Waals surface area contributed by atoms with Gasteiger partial charge in [-0.3, -0.25) is 14.2 Å². The molecule has 2 aromatic heterocycles. The minimum Gasteiger partial charge on any atom is -0.493 e. The average molecular weight is 498 g/mol. The van der Waals surface area contributed by atoms with E-state index in [-0.39, 0.29) is 24.1 Å². The number of aromatic nitrogens is 2. The Hall–Kier alpha value is -3.36. The number of benzene rings is 2. The van der Waals surface area contributed by atoms with Crippen LogP contribution in [0.25, 0.3) is 26.3 Å². The summed E-state index contributed by atoms with van der Waals surface area (Å²) in [6.07, 6.45) is 2.33. The number of nitrogens with one attached hydrogen (secondary N) is 1. The van der Waals surface area contributed by atoms with E-state index in [0.717, 1.165) is 16.9 Å². The van der Waals surface area contributed by atoms with Crippen LogP contribution in [0.4, 0.5) is 0 Å². The Morgan fingerprint density at radius 2 is 1.94 bits per heavy atom. The van der Waals surface area contributed by atoms with Gasteiger partial charge in [-0.1, -0.05) is 30.7 Å². The number of rotatable bonds is 8. The standard InChI is InChI=1S/C25H24ClN3O4S/c1-4-15(2)28-23(30)13-33-20-10-9-18(11-21(20)32-3)29-14-27-19-12-22(34-24(19)25(29)31)16-5-7-17(26)8-6-16/h5-12,14-15H,4,13H2,1-3H3,(H,28,30). The van der Waals surface area contributed by atoms with E-state index >= 15 is 0 Å². The number of ether oxygens (including phenoxy) is 2.